The van der Waals surface area contributed by atoms with E-state index in [4.69, 9.17) is 5.73 Å². The molecule has 1 aromatic carbocycles. The summed E-state index contributed by atoms with van der Waals surface area (Å²) in [5.74, 6) is 0. The second-order valence-corrected chi connectivity index (χ2v) is 3.54. The van der Waals surface area contributed by atoms with Gasteiger partial charge in [0.05, 0.1) is 23.7 Å². The van der Waals surface area contributed by atoms with Crippen molar-refractivity contribution in [2.45, 2.75) is 6.42 Å². The first kappa shape index (κ1) is 11.3. The molecule has 0 saturated heterocycles. The van der Waals surface area contributed by atoms with Crippen LogP contribution in [0.2, 0.25) is 0 Å². The molecule has 5 nitrogen and oxygen atoms in total. The summed E-state index contributed by atoms with van der Waals surface area (Å²) in [5.41, 5.74) is 8.50. The van der Waals surface area contributed by atoms with Gasteiger partial charge in [-0.3, -0.25) is 0 Å². The van der Waals surface area contributed by atoms with E-state index in [1.807, 2.05) is 24.3 Å². The van der Waals surface area contributed by atoms with Crippen LogP contribution in [0.3, 0.4) is 0 Å². The van der Waals surface area contributed by atoms with Crippen LogP contribution in [-0.4, -0.2) is 26.5 Å². The van der Waals surface area contributed by atoms with Crippen LogP contribution in [0.1, 0.15) is 5.69 Å². The lowest BCUT2D eigenvalue weighted by molar-refractivity contribution is 0.935. The third-order valence-corrected chi connectivity index (χ3v) is 2.30. The van der Waals surface area contributed by atoms with Crippen LogP contribution in [0.4, 0.5) is 0 Å². The lowest BCUT2D eigenvalue weighted by atomic mass is 10.3. The van der Waals surface area contributed by atoms with Gasteiger partial charge in [-0.15, -0.1) is 0 Å². The van der Waals surface area contributed by atoms with E-state index in [1.54, 1.807) is 18.9 Å². The molecule has 0 atom stereocenters. The summed E-state index contributed by atoms with van der Waals surface area (Å²) in [7, 11) is 0. The summed E-state index contributed by atoms with van der Waals surface area (Å²) in [6.07, 6.45) is 6.03. The Labute approximate surface area is 99.1 Å². The molecule has 5 heteroatoms. The maximum atomic E-state index is 5.27. The van der Waals surface area contributed by atoms with E-state index in [-0.39, 0.29) is 0 Å². The van der Waals surface area contributed by atoms with Gasteiger partial charge in [0.1, 0.15) is 0 Å². The number of rotatable bonds is 2. The third kappa shape index (κ3) is 3.15. The normalized spacial score (nSPS) is 9.94. The maximum absolute atomic E-state index is 5.27. The van der Waals surface area contributed by atoms with E-state index >= 15 is 0 Å². The van der Waals surface area contributed by atoms with Crippen LogP contribution < -0.4 is 5.73 Å². The zero-order chi connectivity index (χ0) is 11.9. The fourth-order valence-corrected chi connectivity index (χ4v) is 1.46. The molecule has 0 fully saturated rings. The molecule has 2 heterocycles. The van der Waals surface area contributed by atoms with Crippen LogP contribution in [0.5, 0.6) is 0 Å². The Morgan fingerprint density at radius 1 is 1.12 bits per heavy atom. The van der Waals surface area contributed by atoms with Crippen molar-refractivity contribution in [1.82, 2.24) is 19.9 Å². The largest absolute Gasteiger partial charge is 0.348 e. The molecule has 0 aliphatic heterocycles. The molecule has 0 saturated carbocycles. The molecule has 4 N–H and O–H groups in total. The summed E-state index contributed by atoms with van der Waals surface area (Å²) in [6, 6.07) is 7.94. The molecule has 2 aromatic heterocycles. The molecule has 0 radical (unpaired) electrons. The quantitative estimate of drug-likeness (QED) is 0.622. The van der Waals surface area contributed by atoms with Gasteiger partial charge < -0.3 is 15.7 Å². The predicted molar refractivity (Wildman–Crippen MR) is 67.4 cm³/mol. The van der Waals surface area contributed by atoms with E-state index in [0.29, 0.717) is 6.54 Å². The van der Waals surface area contributed by atoms with Crippen molar-refractivity contribution < 1.29 is 0 Å². The topological polar surface area (TPSA) is 83.4 Å². The lowest BCUT2D eigenvalue weighted by Gasteiger charge is -1.86. The van der Waals surface area contributed by atoms with Gasteiger partial charge >= 0.3 is 0 Å². The second kappa shape index (κ2) is 5.81. The first-order valence-corrected chi connectivity index (χ1v) is 5.45. The van der Waals surface area contributed by atoms with Crippen molar-refractivity contribution in [3.8, 4) is 0 Å². The monoisotopic (exact) mass is 229 g/mol. The Hall–Kier alpha value is -2.14. The summed E-state index contributed by atoms with van der Waals surface area (Å²) in [6.45, 7) is 0.683. The Morgan fingerprint density at radius 2 is 2.00 bits per heavy atom. The van der Waals surface area contributed by atoms with E-state index < -0.39 is 0 Å². The van der Waals surface area contributed by atoms with E-state index in [1.165, 1.54) is 0 Å². The number of hydrogen-bond donors (Lipinski definition) is 3. The minimum atomic E-state index is 0.683. The Bertz CT molecular complexity index is 511. The van der Waals surface area contributed by atoms with Gasteiger partial charge in [0, 0.05) is 18.3 Å². The number of aromatic amines is 2. The number of fused-ring (bicyclic) bond motifs is 1. The molecule has 0 amide bonds. The molecular formula is C12H15N5. The van der Waals surface area contributed by atoms with Crippen molar-refractivity contribution >= 4 is 11.0 Å². The first-order chi connectivity index (χ1) is 8.40. The minimum Gasteiger partial charge on any atom is -0.348 e. The van der Waals surface area contributed by atoms with Gasteiger partial charge in [0.15, 0.2) is 0 Å². The van der Waals surface area contributed by atoms with Crippen LogP contribution in [0.15, 0.2) is 43.1 Å². The molecule has 3 rings (SSSR count). The number of nitrogens with one attached hydrogen (secondary N) is 2. The maximum Gasteiger partial charge on any atom is 0.0931 e. The zero-order valence-corrected chi connectivity index (χ0v) is 9.43. The number of benzene rings is 1. The minimum absolute atomic E-state index is 0.683. The highest BCUT2D eigenvalue weighted by atomic mass is 14.9. The number of nitrogens with zero attached hydrogens (tertiary/aromatic N) is 2. The summed E-state index contributed by atoms with van der Waals surface area (Å²) >= 11 is 0. The third-order valence-electron chi connectivity index (χ3n) is 2.30. The highest BCUT2D eigenvalue weighted by molar-refractivity contribution is 5.73. The average Bonchev–Trinajstić information content (AvgIpc) is 3.00. The number of para-hydroxylation sites is 2. The van der Waals surface area contributed by atoms with Crippen molar-refractivity contribution in [3.05, 3.63) is 48.8 Å². The highest BCUT2D eigenvalue weighted by Gasteiger charge is 1.88. The van der Waals surface area contributed by atoms with Crippen molar-refractivity contribution in [3.63, 3.8) is 0 Å². The summed E-state index contributed by atoms with van der Waals surface area (Å²) in [4.78, 5) is 13.8. The van der Waals surface area contributed by atoms with Gasteiger partial charge in [0.2, 0.25) is 0 Å². The van der Waals surface area contributed by atoms with Crippen LogP contribution in [0, 0.1) is 0 Å². The summed E-state index contributed by atoms with van der Waals surface area (Å²) < 4.78 is 0. The Morgan fingerprint density at radius 3 is 2.71 bits per heavy atom. The fourth-order valence-electron chi connectivity index (χ4n) is 1.46. The lowest BCUT2D eigenvalue weighted by Crippen LogP contribution is -2.02. The van der Waals surface area contributed by atoms with Crippen LogP contribution >= 0.6 is 0 Å². The van der Waals surface area contributed by atoms with Crippen LogP contribution in [-0.2, 0) is 6.42 Å². The van der Waals surface area contributed by atoms with E-state index in [2.05, 4.69) is 19.9 Å². The second-order valence-electron chi connectivity index (χ2n) is 3.54. The van der Waals surface area contributed by atoms with Gasteiger partial charge in [-0.2, -0.15) is 0 Å². The molecule has 0 aliphatic rings. The number of hydrogen-bond acceptors (Lipinski definition) is 3. The molecule has 0 spiro atoms. The van der Waals surface area contributed by atoms with E-state index in [9.17, 15) is 0 Å². The van der Waals surface area contributed by atoms with Crippen molar-refractivity contribution in [2.75, 3.05) is 6.54 Å². The first-order valence-electron chi connectivity index (χ1n) is 5.45. The highest BCUT2D eigenvalue weighted by Crippen LogP contribution is 2.05. The molecule has 0 aliphatic carbocycles. The van der Waals surface area contributed by atoms with Crippen molar-refractivity contribution in [2.24, 2.45) is 5.73 Å². The SMILES string of the molecule is NCCc1cnc[nH]1.c1ccc2[nH]cnc2c1. The molecular weight excluding hydrogens is 214 g/mol. The van der Waals surface area contributed by atoms with Crippen LogP contribution in [0.25, 0.3) is 11.0 Å². The predicted octanol–water partition coefficient (Wildman–Crippen LogP) is 1.47. The molecule has 0 bridgehead atoms. The van der Waals surface area contributed by atoms with Gasteiger partial charge in [-0.05, 0) is 18.7 Å². The van der Waals surface area contributed by atoms with Crippen molar-refractivity contribution in [1.29, 1.82) is 0 Å². The number of nitrogens with two attached hydrogens (primary N) is 1. The molecule has 17 heavy (non-hydrogen) atoms. The zero-order valence-electron chi connectivity index (χ0n) is 9.43. The standard InChI is InChI=1S/C7H6N2.C5H9N3/c1-2-4-7-6(3-1)8-5-9-7;6-2-1-5-3-7-4-8-5/h1-5H,(H,8,9);3-4H,1-2,6H2,(H,7,8). The Kier molecular flexibility index (Phi) is 3.88. The number of imidazole rings is 2. The molecule has 88 valence electrons. The van der Waals surface area contributed by atoms with Gasteiger partial charge in [-0.1, -0.05) is 12.1 Å². The van der Waals surface area contributed by atoms with Gasteiger partial charge in [0.25, 0.3) is 0 Å². The summed E-state index contributed by atoms with van der Waals surface area (Å²) in [5, 5.41) is 0. The number of H-pyrrole nitrogens is 2. The smallest absolute Gasteiger partial charge is 0.0931 e. The molecule has 0 unspecified atom stereocenters. The van der Waals surface area contributed by atoms with Gasteiger partial charge in [-0.25, -0.2) is 9.97 Å². The Balaban J connectivity index is 0.000000128. The number of aromatic nitrogens is 4. The average molecular weight is 229 g/mol. The van der Waals surface area contributed by atoms with E-state index in [0.717, 1.165) is 23.1 Å². The fraction of sp³-hybridized carbons (Fsp3) is 0.167. The molecule has 3 aromatic rings.